The second kappa shape index (κ2) is 8.31. The molecule has 1 aromatic carbocycles. The summed E-state index contributed by atoms with van der Waals surface area (Å²) in [5, 5.41) is 3.75. The first-order valence-corrected chi connectivity index (χ1v) is 9.97. The van der Waals surface area contributed by atoms with Crippen molar-refractivity contribution in [3.63, 3.8) is 0 Å². The van der Waals surface area contributed by atoms with Crippen LogP contribution in [0.3, 0.4) is 0 Å². The van der Waals surface area contributed by atoms with Gasteiger partial charge in [-0.15, -0.1) is 0 Å². The lowest BCUT2D eigenvalue weighted by molar-refractivity contribution is -0.116. The van der Waals surface area contributed by atoms with Crippen molar-refractivity contribution >= 4 is 29.3 Å². The van der Waals surface area contributed by atoms with Gasteiger partial charge in [0.2, 0.25) is 5.91 Å². The summed E-state index contributed by atoms with van der Waals surface area (Å²) in [7, 11) is 0. The number of hydrogen-bond donors (Lipinski definition) is 1. The van der Waals surface area contributed by atoms with Crippen LogP contribution >= 0.6 is 11.8 Å². The van der Waals surface area contributed by atoms with E-state index in [-0.39, 0.29) is 11.8 Å². The summed E-state index contributed by atoms with van der Waals surface area (Å²) in [5.41, 5.74) is 2.39. The molecule has 6 nitrogen and oxygen atoms in total. The molecule has 2 aromatic heterocycles. The van der Waals surface area contributed by atoms with Gasteiger partial charge in [-0.2, -0.15) is 0 Å². The second-order valence-corrected chi connectivity index (χ2v) is 7.34. The van der Waals surface area contributed by atoms with Gasteiger partial charge in [0.25, 0.3) is 5.91 Å². The first-order chi connectivity index (χ1) is 13.7. The Morgan fingerprint density at radius 3 is 2.82 bits per heavy atom. The maximum atomic E-state index is 12.4. The van der Waals surface area contributed by atoms with Crippen molar-refractivity contribution in [3.8, 4) is 0 Å². The summed E-state index contributed by atoms with van der Waals surface area (Å²) < 4.78 is 5.25. The van der Waals surface area contributed by atoms with Crippen LogP contribution in [-0.2, 0) is 17.8 Å². The molecule has 0 radical (unpaired) electrons. The summed E-state index contributed by atoms with van der Waals surface area (Å²) in [5.74, 6) is 1.17. The molecule has 1 aliphatic heterocycles. The van der Waals surface area contributed by atoms with Crippen molar-refractivity contribution in [1.29, 1.82) is 0 Å². The average molecular weight is 393 g/mol. The van der Waals surface area contributed by atoms with E-state index in [0.717, 1.165) is 22.0 Å². The number of hydrogen-bond acceptors (Lipinski definition) is 5. The molecule has 0 bridgehead atoms. The third-order valence-corrected chi connectivity index (χ3v) is 5.45. The number of aromatic nitrogens is 1. The minimum atomic E-state index is -0.127. The molecule has 142 valence electrons. The number of carbonyl (C=O) groups excluding carboxylic acids is 2. The maximum absolute atomic E-state index is 12.4. The van der Waals surface area contributed by atoms with Crippen LogP contribution in [0.5, 0.6) is 0 Å². The zero-order chi connectivity index (χ0) is 19.3. The number of nitrogens with one attached hydrogen (secondary N) is 1. The van der Waals surface area contributed by atoms with Gasteiger partial charge in [-0.1, -0.05) is 23.9 Å². The Kier molecular flexibility index (Phi) is 5.43. The van der Waals surface area contributed by atoms with Gasteiger partial charge in [-0.05, 0) is 42.0 Å². The van der Waals surface area contributed by atoms with E-state index in [0.29, 0.717) is 30.8 Å². The third-order valence-electron chi connectivity index (χ3n) is 4.47. The van der Waals surface area contributed by atoms with Gasteiger partial charge in [-0.3, -0.25) is 9.59 Å². The number of thioether (sulfide) groups is 1. The molecule has 1 aliphatic rings. The number of amides is 2. The van der Waals surface area contributed by atoms with E-state index in [1.165, 1.54) is 11.8 Å². The third kappa shape index (κ3) is 4.09. The van der Waals surface area contributed by atoms with E-state index in [1.54, 1.807) is 29.5 Å². The van der Waals surface area contributed by atoms with Gasteiger partial charge in [0.1, 0.15) is 10.8 Å². The van der Waals surface area contributed by atoms with E-state index < -0.39 is 0 Å². The number of pyridine rings is 1. The lowest BCUT2D eigenvalue weighted by atomic mass is 10.1. The molecule has 0 unspecified atom stereocenters. The summed E-state index contributed by atoms with van der Waals surface area (Å²) in [4.78, 5) is 30.7. The Morgan fingerprint density at radius 1 is 1.18 bits per heavy atom. The normalized spacial score (nSPS) is 13.3. The minimum absolute atomic E-state index is 0.0604. The highest BCUT2D eigenvalue weighted by atomic mass is 32.2. The minimum Gasteiger partial charge on any atom is -0.469 e. The number of nitrogens with zero attached hydrogens (tertiary/aromatic N) is 2. The average Bonchev–Trinajstić information content (AvgIpc) is 3.24. The standard InChI is InChI=1S/C21H19N3O3S/c25-19-14-28-21-18(4-1-10-23-21)24(19)13-15-5-7-16(8-6-15)20(26)22-11-9-17-3-2-12-27-17/h1-8,10,12H,9,11,13-14H2,(H,22,26). The van der Waals surface area contributed by atoms with Gasteiger partial charge >= 0.3 is 0 Å². The lowest BCUT2D eigenvalue weighted by Crippen LogP contribution is -2.35. The van der Waals surface area contributed by atoms with Gasteiger partial charge < -0.3 is 14.6 Å². The monoisotopic (exact) mass is 393 g/mol. The smallest absolute Gasteiger partial charge is 0.251 e. The number of rotatable bonds is 6. The highest BCUT2D eigenvalue weighted by Crippen LogP contribution is 2.33. The number of furan rings is 1. The largest absolute Gasteiger partial charge is 0.469 e. The Hall–Kier alpha value is -3.06. The van der Waals surface area contributed by atoms with Crippen LogP contribution in [0.15, 0.2) is 70.4 Å². The van der Waals surface area contributed by atoms with Crippen molar-refractivity contribution < 1.29 is 14.0 Å². The van der Waals surface area contributed by atoms with E-state index in [4.69, 9.17) is 4.42 Å². The molecule has 0 saturated heterocycles. The Balaban J connectivity index is 1.38. The lowest BCUT2D eigenvalue weighted by Gasteiger charge is -2.28. The van der Waals surface area contributed by atoms with Gasteiger partial charge in [-0.25, -0.2) is 4.98 Å². The van der Waals surface area contributed by atoms with Crippen molar-refractivity contribution in [2.24, 2.45) is 0 Å². The van der Waals surface area contributed by atoms with Crippen molar-refractivity contribution in [1.82, 2.24) is 10.3 Å². The van der Waals surface area contributed by atoms with Gasteiger partial charge in [0.15, 0.2) is 0 Å². The van der Waals surface area contributed by atoms with Gasteiger partial charge in [0, 0.05) is 24.7 Å². The summed E-state index contributed by atoms with van der Waals surface area (Å²) in [6, 6.07) is 14.8. The van der Waals surface area contributed by atoms with Crippen molar-refractivity contribution in [2.75, 3.05) is 17.2 Å². The van der Waals surface area contributed by atoms with Crippen LogP contribution in [-0.4, -0.2) is 29.1 Å². The first-order valence-electron chi connectivity index (χ1n) is 8.98. The SMILES string of the molecule is O=C(NCCc1ccco1)c1ccc(CN2C(=O)CSc3ncccc32)cc1. The van der Waals surface area contributed by atoms with Crippen molar-refractivity contribution in [2.45, 2.75) is 18.0 Å². The summed E-state index contributed by atoms with van der Waals surface area (Å²) in [6.45, 7) is 0.969. The fraction of sp³-hybridized carbons (Fsp3) is 0.190. The zero-order valence-corrected chi connectivity index (χ0v) is 15.9. The molecule has 0 saturated carbocycles. The topological polar surface area (TPSA) is 75.4 Å². The zero-order valence-electron chi connectivity index (χ0n) is 15.1. The summed E-state index contributed by atoms with van der Waals surface area (Å²) in [6.07, 6.45) is 4.01. The van der Waals surface area contributed by atoms with E-state index in [9.17, 15) is 9.59 Å². The fourth-order valence-corrected chi connectivity index (χ4v) is 3.89. The predicted molar refractivity (Wildman–Crippen MR) is 107 cm³/mol. The molecule has 28 heavy (non-hydrogen) atoms. The second-order valence-electron chi connectivity index (χ2n) is 6.38. The number of benzene rings is 1. The van der Waals surface area contributed by atoms with Gasteiger partial charge in [0.05, 0.1) is 24.2 Å². The van der Waals surface area contributed by atoms with E-state index in [2.05, 4.69) is 10.3 Å². The van der Waals surface area contributed by atoms with Crippen molar-refractivity contribution in [3.05, 3.63) is 77.9 Å². The van der Waals surface area contributed by atoms with E-state index in [1.807, 2.05) is 36.4 Å². The molecule has 2 amide bonds. The Morgan fingerprint density at radius 2 is 2.04 bits per heavy atom. The Bertz CT molecular complexity index is 971. The van der Waals surface area contributed by atoms with Crippen LogP contribution in [0, 0.1) is 0 Å². The molecular weight excluding hydrogens is 374 g/mol. The fourth-order valence-electron chi connectivity index (χ4n) is 3.01. The number of carbonyl (C=O) groups is 2. The highest BCUT2D eigenvalue weighted by molar-refractivity contribution is 8.00. The number of fused-ring (bicyclic) bond motifs is 1. The molecule has 0 fully saturated rings. The molecular formula is C21H19N3O3S. The van der Waals surface area contributed by atoms with Crippen LogP contribution in [0.2, 0.25) is 0 Å². The molecule has 4 rings (SSSR count). The molecule has 0 aliphatic carbocycles. The van der Waals surface area contributed by atoms with Crippen LogP contribution in [0.1, 0.15) is 21.7 Å². The van der Waals surface area contributed by atoms with Crippen LogP contribution < -0.4 is 10.2 Å². The Labute approximate surface area is 166 Å². The molecule has 3 heterocycles. The molecule has 0 atom stereocenters. The number of anilines is 1. The summed E-state index contributed by atoms with van der Waals surface area (Å²) >= 11 is 1.46. The first kappa shape index (κ1) is 18.3. The quantitative estimate of drug-likeness (QED) is 0.696. The molecule has 3 aromatic rings. The maximum Gasteiger partial charge on any atom is 0.251 e. The molecule has 0 spiro atoms. The van der Waals surface area contributed by atoms with E-state index >= 15 is 0 Å². The predicted octanol–water partition coefficient (Wildman–Crippen LogP) is 3.29. The molecule has 7 heteroatoms. The highest BCUT2D eigenvalue weighted by Gasteiger charge is 2.25. The van der Waals surface area contributed by atoms with Crippen LogP contribution in [0.25, 0.3) is 0 Å². The van der Waals surface area contributed by atoms with Crippen LogP contribution in [0.4, 0.5) is 5.69 Å². The molecule has 1 N–H and O–H groups in total.